The van der Waals surface area contributed by atoms with Crippen LogP contribution < -0.4 is 4.90 Å². The SMILES string of the molecule is CCCN(C)c1ccc(C(=O)N2CCCC[C@H]2CCn2cccn2)cn1. The van der Waals surface area contributed by atoms with Gasteiger partial charge in [0.25, 0.3) is 5.91 Å². The largest absolute Gasteiger partial charge is 0.360 e. The van der Waals surface area contributed by atoms with Gasteiger partial charge in [0.2, 0.25) is 0 Å². The van der Waals surface area contributed by atoms with Crippen LogP contribution in [0.4, 0.5) is 5.82 Å². The van der Waals surface area contributed by atoms with Crippen molar-refractivity contribution in [2.75, 3.05) is 25.0 Å². The van der Waals surface area contributed by atoms with E-state index in [2.05, 4.69) is 21.9 Å². The van der Waals surface area contributed by atoms with Gasteiger partial charge in [-0.05, 0) is 50.3 Å². The van der Waals surface area contributed by atoms with Gasteiger partial charge in [-0.3, -0.25) is 9.48 Å². The Kier molecular flexibility index (Phi) is 6.26. The topological polar surface area (TPSA) is 54.3 Å². The molecule has 2 aromatic rings. The van der Waals surface area contributed by atoms with Crippen LogP contribution in [0.2, 0.25) is 0 Å². The van der Waals surface area contributed by atoms with Crippen LogP contribution in [-0.4, -0.2) is 51.8 Å². The molecule has 0 radical (unpaired) electrons. The minimum absolute atomic E-state index is 0.104. The lowest BCUT2D eigenvalue weighted by molar-refractivity contribution is 0.0593. The van der Waals surface area contributed by atoms with Crippen molar-refractivity contribution < 1.29 is 4.79 Å². The number of hydrogen-bond donors (Lipinski definition) is 0. The van der Waals surface area contributed by atoms with E-state index in [0.29, 0.717) is 5.56 Å². The fourth-order valence-corrected chi connectivity index (χ4v) is 3.64. The van der Waals surface area contributed by atoms with Crippen molar-refractivity contribution in [3.63, 3.8) is 0 Å². The van der Waals surface area contributed by atoms with Crippen molar-refractivity contribution in [3.8, 4) is 0 Å². The van der Waals surface area contributed by atoms with Gasteiger partial charge >= 0.3 is 0 Å². The Hall–Kier alpha value is -2.37. The highest BCUT2D eigenvalue weighted by molar-refractivity contribution is 5.94. The zero-order chi connectivity index (χ0) is 18.4. The molecule has 1 amide bonds. The van der Waals surface area contributed by atoms with E-state index in [0.717, 1.165) is 51.1 Å². The maximum absolute atomic E-state index is 13.0. The number of aryl methyl sites for hydroxylation is 1. The van der Waals surface area contributed by atoms with E-state index in [4.69, 9.17) is 0 Å². The van der Waals surface area contributed by atoms with Crippen LogP contribution in [0.1, 0.15) is 49.4 Å². The Morgan fingerprint density at radius 2 is 2.23 bits per heavy atom. The molecule has 0 unspecified atom stereocenters. The summed E-state index contributed by atoms with van der Waals surface area (Å²) in [6.07, 6.45) is 10.8. The molecule has 6 nitrogen and oxygen atoms in total. The Morgan fingerprint density at radius 1 is 1.35 bits per heavy atom. The van der Waals surface area contributed by atoms with Crippen LogP contribution >= 0.6 is 0 Å². The number of carbonyl (C=O) groups is 1. The second kappa shape index (κ2) is 8.83. The monoisotopic (exact) mass is 355 g/mol. The Morgan fingerprint density at radius 3 is 2.92 bits per heavy atom. The van der Waals surface area contributed by atoms with E-state index in [-0.39, 0.29) is 11.9 Å². The molecule has 0 saturated carbocycles. The third-order valence-electron chi connectivity index (χ3n) is 5.08. The standard InChI is InChI=1S/C20H29N5O/c1-3-12-23(2)19-9-8-17(16-21-19)20(26)25-14-5-4-7-18(25)10-15-24-13-6-11-22-24/h6,8-9,11,13,16,18H,3-5,7,10,12,14-15H2,1-2H3/t18-/m0/s1. The van der Waals surface area contributed by atoms with Crippen LogP contribution in [0.3, 0.4) is 0 Å². The number of aromatic nitrogens is 3. The number of pyridine rings is 1. The number of hydrogen-bond acceptors (Lipinski definition) is 4. The van der Waals surface area contributed by atoms with Gasteiger partial charge in [0.1, 0.15) is 5.82 Å². The molecule has 3 rings (SSSR count). The normalized spacial score (nSPS) is 17.3. The summed E-state index contributed by atoms with van der Waals surface area (Å²) in [6.45, 7) is 4.79. The zero-order valence-electron chi connectivity index (χ0n) is 15.8. The summed E-state index contributed by atoms with van der Waals surface area (Å²) in [5.41, 5.74) is 0.685. The highest BCUT2D eigenvalue weighted by atomic mass is 16.2. The maximum atomic E-state index is 13.0. The van der Waals surface area contributed by atoms with Gasteiger partial charge in [-0.25, -0.2) is 4.98 Å². The van der Waals surface area contributed by atoms with E-state index in [1.54, 1.807) is 12.4 Å². The molecule has 1 atom stereocenters. The van der Waals surface area contributed by atoms with Crippen LogP contribution in [-0.2, 0) is 6.54 Å². The third-order valence-corrected chi connectivity index (χ3v) is 5.08. The van der Waals surface area contributed by atoms with Crippen molar-refractivity contribution >= 4 is 11.7 Å². The highest BCUT2D eigenvalue weighted by Crippen LogP contribution is 2.23. The smallest absolute Gasteiger partial charge is 0.255 e. The average molecular weight is 355 g/mol. The minimum Gasteiger partial charge on any atom is -0.360 e. The molecular formula is C20H29N5O. The van der Waals surface area contributed by atoms with E-state index in [1.165, 1.54) is 6.42 Å². The van der Waals surface area contributed by atoms with Crippen molar-refractivity contribution in [2.45, 2.75) is 51.6 Å². The van der Waals surface area contributed by atoms with Crippen molar-refractivity contribution in [1.82, 2.24) is 19.7 Å². The van der Waals surface area contributed by atoms with Gasteiger partial charge in [0.15, 0.2) is 0 Å². The highest BCUT2D eigenvalue weighted by Gasteiger charge is 2.27. The molecule has 0 spiro atoms. The third kappa shape index (κ3) is 4.42. The van der Waals surface area contributed by atoms with Gasteiger partial charge < -0.3 is 9.80 Å². The van der Waals surface area contributed by atoms with Crippen LogP contribution in [0.25, 0.3) is 0 Å². The molecule has 2 aromatic heterocycles. The Labute approximate surface area is 155 Å². The first-order valence-electron chi connectivity index (χ1n) is 9.64. The van der Waals surface area contributed by atoms with E-state index in [1.807, 2.05) is 41.0 Å². The maximum Gasteiger partial charge on any atom is 0.255 e. The number of piperidine rings is 1. The van der Waals surface area contributed by atoms with Crippen molar-refractivity contribution in [1.29, 1.82) is 0 Å². The molecule has 6 heteroatoms. The summed E-state index contributed by atoms with van der Waals surface area (Å²) in [5.74, 6) is 1.02. The predicted molar refractivity (Wildman–Crippen MR) is 103 cm³/mol. The molecule has 3 heterocycles. The Balaban J connectivity index is 1.65. The molecule has 26 heavy (non-hydrogen) atoms. The molecule has 1 aliphatic heterocycles. The summed E-state index contributed by atoms with van der Waals surface area (Å²) < 4.78 is 1.94. The van der Waals surface area contributed by atoms with E-state index < -0.39 is 0 Å². The summed E-state index contributed by atoms with van der Waals surface area (Å²) >= 11 is 0. The lowest BCUT2D eigenvalue weighted by Crippen LogP contribution is -2.44. The summed E-state index contributed by atoms with van der Waals surface area (Å²) in [4.78, 5) is 21.7. The molecule has 0 aromatic carbocycles. The first-order valence-corrected chi connectivity index (χ1v) is 9.64. The van der Waals surface area contributed by atoms with Crippen molar-refractivity contribution in [2.24, 2.45) is 0 Å². The lowest BCUT2D eigenvalue weighted by Gasteiger charge is -2.36. The van der Waals surface area contributed by atoms with Crippen LogP contribution in [0.5, 0.6) is 0 Å². The van der Waals surface area contributed by atoms with Crippen LogP contribution in [0.15, 0.2) is 36.8 Å². The second-order valence-electron chi connectivity index (χ2n) is 7.03. The van der Waals surface area contributed by atoms with Crippen molar-refractivity contribution in [3.05, 3.63) is 42.4 Å². The second-order valence-corrected chi connectivity index (χ2v) is 7.03. The van der Waals surface area contributed by atoms with E-state index in [9.17, 15) is 4.79 Å². The van der Waals surface area contributed by atoms with Gasteiger partial charge in [-0.1, -0.05) is 6.92 Å². The predicted octanol–water partition coefficient (Wildman–Crippen LogP) is 3.21. The first-order chi connectivity index (χ1) is 12.7. The molecule has 1 fully saturated rings. The number of likely N-dealkylation sites (tertiary alicyclic amines) is 1. The quantitative estimate of drug-likeness (QED) is 0.765. The Bertz CT molecular complexity index is 683. The zero-order valence-corrected chi connectivity index (χ0v) is 15.8. The molecule has 140 valence electrons. The molecule has 0 bridgehead atoms. The van der Waals surface area contributed by atoms with Gasteiger partial charge in [0, 0.05) is 51.3 Å². The minimum atomic E-state index is 0.104. The number of anilines is 1. The fourth-order valence-electron chi connectivity index (χ4n) is 3.64. The average Bonchev–Trinajstić information content (AvgIpc) is 3.20. The summed E-state index contributed by atoms with van der Waals surface area (Å²) in [7, 11) is 2.03. The molecular weight excluding hydrogens is 326 g/mol. The number of amides is 1. The van der Waals surface area contributed by atoms with Gasteiger partial charge in [0.05, 0.1) is 5.56 Å². The number of rotatable bonds is 7. The fraction of sp³-hybridized carbons (Fsp3) is 0.550. The molecule has 0 N–H and O–H groups in total. The summed E-state index contributed by atoms with van der Waals surface area (Å²) in [6, 6.07) is 6.08. The molecule has 0 aliphatic carbocycles. The summed E-state index contributed by atoms with van der Waals surface area (Å²) in [5, 5.41) is 4.27. The van der Waals surface area contributed by atoms with Gasteiger partial charge in [-0.2, -0.15) is 5.10 Å². The first kappa shape index (κ1) is 18.4. The molecule has 1 aliphatic rings. The number of nitrogens with zero attached hydrogens (tertiary/aromatic N) is 5. The van der Waals surface area contributed by atoms with E-state index >= 15 is 0 Å². The molecule has 1 saturated heterocycles. The number of carbonyl (C=O) groups excluding carboxylic acids is 1. The van der Waals surface area contributed by atoms with Crippen LogP contribution in [0, 0.1) is 0 Å². The van der Waals surface area contributed by atoms with Gasteiger partial charge in [-0.15, -0.1) is 0 Å². The lowest BCUT2D eigenvalue weighted by atomic mass is 9.98.